The van der Waals surface area contributed by atoms with E-state index in [9.17, 15) is 4.79 Å². The van der Waals surface area contributed by atoms with E-state index in [0.29, 0.717) is 19.4 Å². The van der Waals surface area contributed by atoms with Gasteiger partial charge in [0.05, 0.1) is 20.1 Å². The van der Waals surface area contributed by atoms with E-state index in [4.69, 9.17) is 0 Å². The number of carbonyl (C=O) groups excluding carboxylic acids is 1. The van der Waals surface area contributed by atoms with E-state index in [1.165, 1.54) is 12.5 Å². The highest BCUT2D eigenvalue weighted by Gasteiger charge is 1.95. The summed E-state index contributed by atoms with van der Waals surface area (Å²) in [5, 5.41) is 1.54. The quantitative estimate of drug-likeness (QED) is 0.354. The molecule has 0 aromatic heterocycles. The number of rotatable bonds is 5. The van der Waals surface area contributed by atoms with Gasteiger partial charge in [-0.05, 0) is 12.6 Å². The van der Waals surface area contributed by atoms with Crippen molar-refractivity contribution in [1.29, 1.82) is 0 Å². The molecule has 0 radical (unpaired) electrons. The van der Waals surface area contributed by atoms with Crippen molar-refractivity contribution in [2.24, 2.45) is 4.99 Å². The molecule has 0 saturated heterocycles. The molecule has 0 amide bonds. The van der Waals surface area contributed by atoms with E-state index < -0.39 is 0 Å². The van der Waals surface area contributed by atoms with Gasteiger partial charge in [0, 0.05) is 5.37 Å². The first-order valence-corrected chi connectivity index (χ1v) is 3.77. The van der Waals surface area contributed by atoms with E-state index in [2.05, 4.69) is 21.9 Å². The first-order chi connectivity index (χ1) is 5.31. The third-order valence-corrected chi connectivity index (χ3v) is 1.16. The van der Waals surface area contributed by atoms with Gasteiger partial charge in [-0.3, -0.25) is 9.79 Å². The van der Waals surface area contributed by atoms with Gasteiger partial charge in [-0.1, -0.05) is 12.2 Å². The largest absolute Gasteiger partial charge is 0.469 e. The highest BCUT2D eigenvalue weighted by Crippen LogP contribution is 1.87. The molecule has 0 aliphatic carbocycles. The number of thiocarbonyl (C=S) groups is 1. The number of carbonyl (C=O) groups is 1. The second-order valence-electron chi connectivity index (χ2n) is 1.83. The van der Waals surface area contributed by atoms with Crippen molar-refractivity contribution >= 4 is 29.8 Å². The SMILES string of the molecule is COC(=O)CCC=NCC=S. The average molecular weight is 173 g/mol. The number of methoxy groups -OCH3 is 1. The van der Waals surface area contributed by atoms with Crippen LogP contribution < -0.4 is 0 Å². The average Bonchev–Trinajstić information content (AvgIpc) is 2.04. The molecule has 3 nitrogen and oxygen atoms in total. The molecule has 0 aliphatic heterocycles. The molecule has 0 fully saturated rings. The topological polar surface area (TPSA) is 38.7 Å². The highest BCUT2D eigenvalue weighted by molar-refractivity contribution is 7.79. The Morgan fingerprint density at radius 1 is 1.73 bits per heavy atom. The Morgan fingerprint density at radius 3 is 3.00 bits per heavy atom. The standard InChI is InChI=1S/C7H11NO2S/c1-10-7(9)3-2-4-8-5-6-11/h4,6H,2-3,5H2,1H3. The van der Waals surface area contributed by atoms with Crippen LogP contribution in [-0.4, -0.2) is 31.2 Å². The number of ether oxygens (including phenoxy) is 1. The molecule has 0 saturated carbocycles. The Kier molecular flexibility index (Phi) is 6.82. The van der Waals surface area contributed by atoms with Crippen LogP contribution in [0.2, 0.25) is 0 Å². The molecule has 4 heteroatoms. The van der Waals surface area contributed by atoms with Gasteiger partial charge in [-0.25, -0.2) is 0 Å². The third kappa shape index (κ3) is 7.12. The second kappa shape index (κ2) is 7.34. The Labute approximate surface area is 71.5 Å². The second-order valence-corrected chi connectivity index (χ2v) is 2.16. The van der Waals surface area contributed by atoms with Crippen LogP contribution in [0.5, 0.6) is 0 Å². The van der Waals surface area contributed by atoms with Crippen LogP contribution in [-0.2, 0) is 9.53 Å². The number of hydrogen-bond acceptors (Lipinski definition) is 4. The van der Waals surface area contributed by atoms with Gasteiger partial charge in [-0.2, -0.15) is 0 Å². The summed E-state index contributed by atoms with van der Waals surface area (Å²) in [7, 11) is 1.37. The summed E-state index contributed by atoms with van der Waals surface area (Å²) in [6.45, 7) is 0.538. The molecule has 0 heterocycles. The van der Waals surface area contributed by atoms with E-state index in [-0.39, 0.29) is 5.97 Å². The fraction of sp³-hybridized carbons (Fsp3) is 0.571. The lowest BCUT2D eigenvalue weighted by Crippen LogP contribution is -1.99. The molecular formula is C7H11NO2S. The molecule has 0 aromatic rings. The summed E-state index contributed by atoms with van der Waals surface area (Å²) in [5.41, 5.74) is 0. The predicted molar refractivity (Wildman–Crippen MR) is 48.3 cm³/mol. The number of nitrogens with zero attached hydrogens (tertiary/aromatic N) is 1. The molecule has 11 heavy (non-hydrogen) atoms. The number of hydrogen-bond donors (Lipinski definition) is 0. The zero-order chi connectivity index (χ0) is 8.53. The zero-order valence-electron chi connectivity index (χ0n) is 6.45. The Morgan fingerprint density at radius 2 is 2.45 bits per heavy atom. The normalized spacial score (nSPS) is 9.91. The summed E-state index contributed by atoms with van der Waals surface area (Å²) in [6, 6.07) is 0. The van der Waals surface area contributed by atoms with Crippen molar-refractivity contribution in [2.45, 2.75) is 12.8 Å². The fourth-order valence-electron chi connectivity index (χ4n) is 0.493. The molecule has 0 unspecified atom stereocenters. The maximum atomic E-state index is 10.5. The smallest absolute Gasteiger partial charge is 0.305 e. The summed E-state index contributed by atoms with van der Waals surface area (Å²) in [6.07, 6.45) is 2.69. The molecule has 0 bridgehead atoms. The summed E-state index contributed by atoms with van der Waals surface area (Å²) in [4.78, 5) is 14.4. The Balaban J connectivity index is 3.25. The Hall–Kier alpha value is -0.770. The maximum Gasteiger partial charge on any atom is 0.305 e. The highest BCUT2D eigenvalue weighted by atomic mass is 32.1. The fourth-order valence-corrected chi connectivity index (χ4v) is 0.579. The molecule has 0 aliphatic rings. The van der Waals surface area contributed by atoms with Crippen LogP contribution in [0.15, 0.2) is 4.99 Å². The van der Waals surface area contributed by atoms with Gasteiger partial charge in [-0.15, -0.1) is 0 Å². The van der Waals surface area contributed by atoms with Crippen LogP contribution >= 0.6 is 12.2 Å². The van der Waals surface area contributed by atoms with E-state index in [1.807, 2.05) is 0 Å². The van der Waals surface area contributed by atoms with Crippen molar-refractivity contribution < 1.29 is 9.53 Å². The lowest BCUT2D eigenvalue weighted by Gasteiger charge is -1.92. The van der Waals surface area contributed by atoms with Crippen LogP contribution in [0.25, 0.3) is 0 Å². The van der Waals surface area contributed by atoms with Gasteiger partial charge in [0.2, 0.25) is 0 Å². The lowest BCUT2D eigenvalue weighted by molar-refractivity contribution is -0.140. The monoisotopic (exact) mass is 173 g/mol. The van der Waals surface area contributed by atoms with Gasteiger partial charge in [0.15, 0.2) is 0 Å². The van der Waals surface area contributed by atoms with Crippen molar-refractivity contribution in [3.63, 3.8) is 0 Å². The first kappa shape index (κ1) is 10.2. The van der Waals surface area contributed by atoms with Crippen LogP contribution in [0, 0.1) is 0 Å². The first-order valence-electron chi connectivity index (χ1n) is 3.30. The van der Waals surface area contributed by atoms with Crippen molar-refractivity contribution in [1.82, 2.24) is 0 Å². The van der Waals surface area contributed by atoms with Crippen LogP contribution in [0.1, 0.15) is 12.8 Å². The molecular weight excluding hydrogens is 162 g/mol. The van der Waals surface area contributed by atoms with Crippen molar-refractivity contribution in [2.75, 3.05) is 13.7 Å². The minimum Gasteiger partial charge on any atom is -0.469 e. The molecule has 0 N–H and O–H groups in total. The molecule has 0 rings (SSSR count). The third-order valence-electron chi connectivity index (χ3n) is 1.01. The van der Waals surface area contributed by atoms with E-state index in [1.54, 1.807) is 6.21 Å². The molecule has 0 spiro atoms. The van der Waals surface area contributed by atoms with Gasteiger partial charge >= 0.3 is 5.97 Å². The zero-order valence-corrected chi connectivity index (χ0v) is 7.26. The summed E-state index contributed by atoms with van der Waals surface area (Å²) in [5.74, 6) is -0.209. The van der Waals surface area contributed by atoms with Gasteiger partial charge in [0.1, 0.15) is 0 Å². The summed E-state index contributed by atoms with van der Waals surface area (Å²) < 4.78 is 4.43. The van der Waals surface area contributed by atoms with E-state index >= 15 is 0 Å². The van der Waals surface area contributed by atoms with Crippen molar-refractivity contribution in [3.05, 3.63) is 0 Å². The minimum atomic E-state index is -0.209. The molecule has 0 atom stereocenters. The van der Waals surface area contributed by atoms with E-state index in [0.717, 1.165) is 0 Å². The van der Waals surface area contributed by atoms with Gasteiger partial charge in [0.25, 0.3) is 0 Å². The lowest BCUT2D eigenvalue weighted by atomic mass is 10.3. The van der Waals surface area contributed by atoms with Crippen LogP contribution in [0.3, 0.4) is 0 Å². The Bertz CT molecular complexity index is 157. The predicted octanol–water partition coefficient (Wildman–Crippen LogP) is 1.01. The molecule has 0 aromatic carbocycles. The minimum absolute atomic E-state index is 0.209. The number of esters is 1. The van der Waals surface area contributed by atoms with Crippen LogP contribution in [0.4, 0.5) is 0 Å². The van der Waals surface area contributed by atoms with Gasteiger partial charge < -0.3 is 4.74 Å². The van der Waals surface area contributed by atoms with Crippen molar-refractivity contribution in [3.8, 4) is 0 Å². The maximum absolute atomic E-state index is 10.5. The summed E-state index contributed by atoms with van der Waals surface area (Å²) >= 11 is 4.55. The number of aliphatic imine (C=N–C) groups is 1. The molecule has 62 valence electrons.